The third kappa shape index (κ3) is 4.64. The van der Waals surface area contributed by atoms with Crippen molar-refractivity contribution in [1.29, 1.82) is 0 Å². The Morgan fingerprint density at radius 1 is 0.667 bits per heavy atom. The van der Waals surface area contributed by atoms with Gasteiger partial charge in [-0.2, -0.15) is 0 Å². The van der Waals surface area contributed by atoms with Crippen LogP contribution in [0.15, 0.2) is 85.8 Å². The van der Waals surface area contributed by atoms with Crippen molar-refractivity contribution in [1.82, 2.24) is 24.9 Å². The van der Waals surface area contributed by atoms with Crippen molar-refractivity contribution in [3.63, 3.8) is 0 Å². The number of aromatic amines is 1. The number of hydrogen-bond acceptors (Lipinski definition) is 4. The van der Waals surface area contributed by atoms with Crippen molar-refractivity contribution in [3.05, 3.63) is 85.8 Å². The fraction of sp³-hybridized carbons (Fsp3) is 0. The van der Waals surface area contributed by atoms with Crippen LogP contribution in [-0.4, -0.2) is 24.9 Å². The zero-order valence-electron chi connectivity index (χ0n) is 12.7. The van der Waals surface area contributed by atoms with Crippen molar-refractivity contribution in [2.24, 2.45) is 0 Å². The van der Waals surface area contributed by atoms with Crippen LogP contribution in [0.3, 0.4) is 0 Å². The van der Waals surface area contributed by atoms with E-state index >= 15 is 0 Å². The predicted molar refractivity (Wildman–Crippen MR) is 89.3 cm³/mol. The molecule has 0 radical (unpaired) electrons. The van der Waals surface area contributed by atoms with Gasteiger partial charge in [0.15, 0.2) is 0 Å². The average Bonchev–Trinajstić information content (AvgIpc) is 3.23. The Morgan fingerprint density at radius 3 is 1.92 bits per heavy atom. The van der Waals surface area contributed by atoms with Crippen molar-refractivity contribution in [2.45, 2.75) is 0 Å². The van der Waals surface area contributed by atoms with Crippen molar-refractivity contribution in [3.8, 4) is 22.6 Å². The van der Waals surface area contributed by atoms with Crippen LogP contribution in [0.2, 0.25) is 0 Å². The summed E-state index contributed by atoms with van der Waals surface area (Å²) in [5, 5.41) is 0. The molecule has 0 aliphatic heterocycles. The predicted octanol–water partition coefficient (Wildman–Crippen LogP) is 3.61. The first-order valence-electron chi connectivity index (χ1n) is 7.16. The second-order valence-corrected chi connectivity index (χ2v) is 4.59. The van der Waals surface area contributed by atoms with E-state index in [-0.39, 0.29) is 19.5 Å². The summed E-state index contributed by atoms with van der Waals surface area (Å²) in [6.07, 6.45) is 10.4. The van der Waals surface area contributed by atoms with Gasteiger partial charge < -0.3 is 4.98 Å². The molecule has 0 aliphatic carbocycles. The van der Waals surface area contributed by atoms with Gasteiger partial charge in [-0.3, -0.25) is 15.0 Å². The number of H-pyrrole nitrogens is 1. The van der Waals surface area contributed by atoms with Crippen LogP contribution in [0.4, 0.5) is 0 Å². The van der Waals surface area contributed by atoms with Crippen LogP contribution < -0.4 is 0 Å². The van der Waals surface area contributed by atoms with E-state index in [4.69, 9.17) is 0 Å². The van der Waals surface area contributed by atoms with Crippen molar-refractivity contribution < 1.29 is 19.5 Å². The number of aromatic nitrogens is 5. The number of nitrogens with zero attached hydrogens (tertiary/aromatic N) is 4. The van der Waals surface area contributed by atoms with Gasteiger partial charge in [-0.25, -0.2) is 4.98 Å². The molecule has 0 unspecified atom stereocenters. The summed E-state index contributed by atoms with van der Waals surface area (Å²) in [5.41, 5.74) is 3.62. The van der Waals surface area contributed by atoms with Crippen molar-refractivity contribution >= 4 is 0 Å². The van der Waals surface area contributed by atoms with Gasteiger partial charge in [-0.05, 0) is 36.4 Å². The molecule has 0 saturated heterocycles. The molecule has 4 aromatic heterocycles. The van der Waals surface area contributed by atoms with E-state index in [9.17, 15) is 0 Å². The zero-order valence-corrected chi connectivity index (χ0v) is 14.5. The van der Waals surface area contributed by atoms with Gasteiger partial charge in [-0.1, -0.05) is 12.1 Å². The average molecular weight is 402 g/mol. The molecular weight excluding hydrogens is 387 g/mol. The van der Waals surface area contributed by atoms with Gasteiger partial charge in [0.1, 0.15) is 0 Å². The van der Waals surface area contributed by atoms with Gasteiger partial charge in [0.25, 0.3) is 0 Å². The molecule has 0 saturated carbocycles. The van der Waals surface area contributed by atoms with Crippen molar-refractivity contribution in [2.75, 3.05) is 0 Å². The molecule has 1 N–H and O–H groups in total. The van der Waals surface area contributed by atoms with E-state index in [1.165, 1.54) is 0 Å². The molecule has 0 atom stereocenters. The molecule has 120 valence electrons. The Hall–Kier alpha value is -2.72. The van der Waals surface area contributed by atoms with Crippen LogP contribution in [-0.2, 0) is 19.5 Å². The molecule has 4 aromatic rings. The van der Waals surface area contributed by atoms with Crippen LogP contribution in [0.1, 0.15) is 0 Å². The van der Waals surface area contributed by atoms with E-state index in [1.54, 1.807) is 37.3 Å². The SMILES string of the molecule is [Ru].c1c[nH]cn1.c1ccc(-c2cccnc2-c2ccccn2)nc1. The topological polar surface area (TPSA) is 67.3 Å². The number of pyridine rings is 3. The first-order valence-corrected chi connectivity index (χ1v) is 7.16. The van der Waals surface area contributed by atoms with Gasteiger partial charge in [0, 0.05) is 56.0 Å². The maximum atomic E-state index is 4.42. The number of nitrogens with one attached hydrogen (secondary N) is 1. The molecule has 24 heavy (non-hydrogen) atoms. The Bertz CT molecular complexity index is 745. The molecule has 5 nitrogen and oxygen atoms in total. The Kier molecular flexibility index (Phi) is 6.93. The number of hydrogen-bond donors (Lipinski definition) is 1. The Morgan fingerprint density at radius 2 is 1.38 bits per heavy atom. The summed E-state index contributed by atoms with van der Waals surface area (Å²) in [7, 11) is 0. The summed E-state index contributed by atoms with van der Waals surface area (Å²) in [6, 6.07) is 15.6. The summed E-state index contributed by atoms with van der Waals surface area (Å²) in [5.74, 6) is 0. The molecule has 6 heteroatoms. The summed E-state index contributed by atoms with van der Waals surface area (Å²) < 4.78 is 0. The van der Waals surface area contributed by atoms with Gasteiger partial charge in [0.05, 0.1) is 23.4 Å². The largest absolute Gasteiger partial charge is 0.351 e. The monoisotopic (exact) mass is 403 g/mol. The maximum Gasteiger partial charge on any atom is 0.0980 e. The molecular formula is C18H15N5Ru. The van der Waals surface area contributed by atoms with E-state index in [0.29, 0.717) is 0 Å². The molecule has 4 rings (SSSR count). The zero-order chi connectivity index (χ0) is 15.7. The minimum absolute atomic E-state index is 0. The van der Waals surface area contributed by atoms with Gasteiger partial charge >= 0.3 is 0 Å². The van der Waals surface area contributed by atoms with E-state index < -0.39 is 0 Å². The fourth-order valence-electron chi connectivity index (χ4n) is 2.06. The van der Waals surface area contributed by atoms with Crippen LogP contribution in [0.5, 0.6) is 0 Å². The Balaban J connectivity index is 0.000000300. The first-order chi connectivity index (χ1) is 11.4. The smallest absolute Gasteiger partial charge is 0.0980 e. The number of imidazole rings is 1. The first kappa shape index (κ1) is 17.6. The second-order valence-electron chi connectivity index (χ2n) is 4.59. The van der Waals surface area contributed by atoms with Crippen LogP contribution in [0, 0.1) is 0 Å². The standard InChI is InChI=1S/C15H11N3.C3H4N2.Ru/c1-3-9-16-13(7-1)12-6-5-11-18-15(12)14-8-2-4-10-17-14;1-2-5-3-4-1;/h1-11H;1-3H,(H,4,5);. The molecule has 0 spiro atoms. The quantitative estimate of drug-likeness (QED) is 0.520. The summed E-state index contributed by atoms with van der Waals surface area (Å²) in [4.78, 5) is 19.6. The number of rotatable bonds is 2. The molecule has 0 aliphatic rings. The summed E-state index contributed by atoms with van der Waals surface area (Å²) >= 11 is 0. The second kappa shape index (κ2) is 9.43. The summed E-state index contributed by atoms with van der Waals surface area (Å²) in [6.45, 7) is 0. The van der Waals surface area contributed by atoms with E-state index in [1.807, 2.05) is 48.5 Å². The third-order valence-electron chi connectivity index (χ3n) is 3.06. The van der Waals surface area contributed by atoms with Crippen LogP contribution >= 0.6 is 0 Å². The normalized spacial score (nSPS) is 9.33. The van der Waals surface area contributed by atoms with Gasteiger partial charge in [-0.15, -0.1) is 0 Å². The minimum atomic E-state index is 0. The van der Waals surface area contributed by atoms with E-state index in [0.717, 1.165) is 22.6 Å². The molecule has 4 heterocycles. The van der Waals surface area contributed by atoms with Crippen LogP contribution in [0.25, 0.3) is 22.6 Å². The molecule has 0 fully saturated rings. The minimum Gasteiger partial charge on any atom is -0.351 e. The Labute approximate surface area is 153 Å². The van der Waals surface area contributed by atoms with Gasteiger partial charge in [0.2, 0.25) is 0 Å². The third-order valence-corrected chi connectivity index (χ3v) is 3.06. The molecule has 0 amide bonds. The molecule has 0 bridgehead atoms. The van der Waals surface area contributed by atoms with E-state index in [2.05, 4.69) is 24.9 Å². The molecule has 0 aromatic carbocycles. The maximum absolute atomic E-state index is 4.42. The fourth-order valence-corrected chi connectivity index (χ4v) is 2.06.